The number of carbonyl (C=O) groups excluding carboxylic acids is 1. The number of aliphatic imine (C=N–C) groups is 1. The van der Waals surface area contributed by atoms with Crippen LogP contribution in [0.2, 0.25) is 5.02 Å². The van der Waals surface area contributed by atoms with E-state index in [1.807, 2.05) is 85.3 Å². The number of carbonyl (C=O) groups is 1. The third-order valence-corrected chi connectivity index (χ3v) is 6.69. The van der Waals surface area contributed by atoms with Crippen LogP contribution >= 0.6 is 39.3 Å². The van der Waals surface area contributed by atoms with Gasteiger partial charge in [0.25, 0.3) is 5.91 Å². The molecule has 1 amide bonds. The molecule has 7 heteroatoms. The van der Waals surface area contributed by atoms with Gasteiger partial charge >= 0.3 is 0 Å². The molecular formula is C23H19BrClN3OS. The number of amides is 1. The smallest absolute Gasteiger partial charge is 0.266 e. The highest BCUT2D eigenvalue weighted by molar-refractivity contribution is 9.10. The molecule has 0 bridgehead atoms. The van der Waals surface area contributed by atoms with E-state index in [0.717, 1.165) is 27.1 Å². The minimum atomic E-state index is -0.0342. The summed E-state index contributed by atoms with van der Waals surface area (Å²) in [6.07, 6.45) is 3.87. The van der Waals surface area contributed by atoms with Gasteiger partial charge in [0.2, 0.25) is 0 Å². The van der Waals surface area contributed by atoms with E-state index in [1.165, 1.54) is 11.8 Å². The van der Waals surface area contributed by atoms with Gasteiger partial charge in [0.15, 0.2) is 5.17 Å². The van der Waals surface area contributed by atoms with Gasteiger partial charge in [0.1, 0.15) is 0 Å². The summed E-state index contributed by atoms with van der Waals surface area (Å²) in [7, 11) is 0. The minimum Gasteiger partial charge on any atom is -0.317 e. The Hall–Kier alpha value is -2.28. The SMILES string of the molecule is CCN1C(=O)/C(=C/c2cccn2-c2ccc(C)c(Cl)c2)SC1=Nc1ccc(Br)cc1. The summed E-state index contributed by atoms with van der Waals surface area (Å²) >= 11 is 11.1. The van der Waals surface area contributed by atoms with Gasteiger partial charge in [-0.25, -0.2) is 4.99 Å². The van der Waals surface area contributed by atoms with Crippen LogP contribution in [0.15, 0.2) is 75.2 Å². The van der Waals surface area contributed by atoms with Crippen molar-refractivity contribution in [3.05, 3.63) is 86.5 Å². The summed E-state index contributed by atoms with van der Waals surface area (Å²) in [4.78, 5) is 20.0. The number of benzene rings is 2. The number of hydrogen-bond donors (Lipinski definition) is 0. The fourth-order valence-corrected chi connectivity index (χ4v) is 4.60. The van der Waals surface area contributed by atoms with Crippen molar-refractivity contribution in [3.8, 4) is 5.69 Å². The number of thioether (sulfide) groups is 1. The van der Waals surface area contributed by atoms with Crippen molar-refractivity contribution in [2.75, 3.05) is 6.54 Å². The molecule has 2 aromatic carbocycles. The normalized spacial score (nSPS) is 16.8. The number of likely N-dealkylation sites (N-methyl/N-ethyl adjacent to an activating group) is 1. The van der Waals surface area contributed by atoms with Crippen LogP contribution in [0.5, 0.6) is 0 Å². The molecule has 2 heterocycles. The third kappa shape index (κ3) is 4.26. The predicted molar refractivity (Wildman–Crippen MR) is 130 cm³/mol. The van der Waals surface area contributed by atoms with Crippen molar-refractivity contribution in [3.63, 3.8) is 0 Å². The van der Waals surface area contributed by atoms with Crippen LogP contribution in [-0.2, 0) is 4.79 Å². The number of aryl methyl sites for hydroxylation is 1. The monoisotopic (exact) mass is 499 g/mol. The van der Waals surface area contributed by atoms with Crippen molar-refractivity contribution >= 4 is 62.1 Å². The highest BCUT2D eigenvalue weighted by Gasteiger charge is 2.32. The molecule has 0 saturated carbocycles. The molecule has 0 spiro atoms. The summed E-state index contributed by atoms with van der Waals surface area (Å²) in [5, 5.41) is 1.40. The Bertz CT molecular complexity index is 1170. The second-order valence-electron chi connectivity index (χ2n) is 6.77. The van der Waals surface area contributed by atoms with Crippen molar-refractivity contribution < 1.29 is 4.79 Å². The maximum atomic E-state index is 13.0. The molecule has 0 radical (unpaired) electrons. The van der Waals surface area contributed by atoms with Crippen LogP contribution in [0, 0.1) is 6.92 Å². The summed E-state index contributed by atoms with van der Waals surface area (Å²) in [6, 6.07) is 17.6. The van der Waals surface area contributed by atoms with Crippen LogP contribution in [0.1, 0.15) is 18.2 Å². The number of nitrogens with zero attached hydrogens (tertiary/aromatic N) is 3. The van der Waals surface area contributed by atoms with Crippen molar-refractivity contribution in [2.24, 2.45) is 4.99 Å². The fourth-order valence-electron chi connectivity index (χ4n) is 3.11. The Balaban J connectivity index is 1.68. The maximum Gasteiger partial charge on any atom is 0.266 e. The molecule has 0 unspecified atom stereocenters. The Labute approximate surface area is 193 Å². The standard InChI is InChI=1S/C23H19BrClN3OS/c1-3-27-22(29)21(30-23(27)26-17-9-7-16(24)8-10-17)14-18-5-4-12-28(18)19-11-6-15(2)20(25)13-19/h4-14H,3H2,1-2H3/b21-14-,26-23?. The van der Waals surface area contributed by atoms with Crippen LogP contribution in [0.4, 0.5) is 5.69 Å². The van der Waals surface area contributed by atoms with Crippen molar-refractivity contribution in [1.29, 1.82) is 0 Å². The van der Waals surface area contributed by atoms with E-state index in [4.69, 9.17) is 11.6 Å². The van der Waals surface area contributed by atoms with Gasteiger partial charge in [-0.05, 0) is 85.8 Å². The first-order chi connectivity index (χ1) is 14.5. The van der Waals surface area contributed by atoms with Gasteiger partial charge < -0.3 is 4.57 Å². The highest BCUT2D eigenvalue weighted by atomic mass is 79.9. The van der Waals surface area contributed by atoms with Gasteiger partial charge in [-0.15, -0.1) is 0 Å². The average Bonchev–Trinajstić information content (AvgIpc) is 3.30. The molecule has 1 aromatic heterocycles. The Morgan fingerprint density at radius 2 is 1.93 bits per heavy atom. The van der Waals surface area contributed by atoms with Crippen LogP contribution in [0.25, 0.3) is 11.8 Å². The summed E-state index contributed by atoms with van der Waals surface area (Å²) in [5.74, 6) is -0.0342. The highest BCUT2D eigenvalue weighted by Crippen LogP contribution is 2.34. The quantitative estimate of drug-likeness (QED) is 0.368. The first kappa shape index (κ1) is 21.0. The molecule has 0 aliphatic carbocycles. The van der Waals surface area contributed by atoms with E-state index in [9.17, 15) is 4.79 Å². The summed E-state index contributed by atoms with van der Waals surface area (Å²) in [6.45, 7) is 4.49. The molecule has 4 rings (SSSR count). The van der Waals surface area contributed by atoms with E-state index >= 15 is 0 Å². The molecule has 1 aliphatic rings. The number of rotatable bonds is 4. The Kier molecular flexibility index (Phi) is 6.18. The minimum absolute atomic E-state index is 0.0342. The lowest BCUT2D eigenvalue weighted by Crippen LogP contribution is -2.28. The zero-order valence-corrected chi connectivity index (χ0v) is 19.6. The Morgan fingerprint density at radius 1 is 1.17 bits per heavy atom. The molecule has 1 saturated heterocycles. The number of halogens is 2. The lowest BCUT2D eigenvalue weighted by Gasteiger charge is -2.12. The van der Waals surface area contributed by atoms with E-state index in [2.05, 4.69) is 20.9 Å². The second kappa shape index (κ2) is 8.84. The zero-order chi connectivity index (χ0) is 21.3. The predicted octanol–water partition coefficient (Wildman–Crippen LogP) is 6.83. The maximum absolute atomic E-state index is 13.0. The van der Waals surface area contributed by atoms with Gasteiger partial charge in [-0.1, -0.05) is 33.6 Å². The van der Waals surface area contributed by atoms with Crippen molar-refractivity contribution in [1.82, 2.24) is 9.47 Å². The number of hydrogen-bond acceptors (Lipinski definition) is 3. The van der Waals surface area contributed by atoms with Gasteiger partial charge in [-0.3, -0.25) is 9.69 Å². The number of aromatic nitrogens is 1. The van der Waals surface area contributed by atoms with Crippen LogP contribution in [-0.4, -0.2) is 27.1 Å². The molecule has 0 atom stereocenters. The molecule has 0 N–H and O–H groups in total. The van der Waals surface area contributed by atoms with E-state index < -0.39 is 0 Å². The second-order valence-corrected chi connectivity index (χ2v) is 9.10. The molecule has 1 aliphatic heterocycles. The lowest BCUT2D eigenvalue weighted by atomic mass is 10.2. The van der Waals surface area contributed by atoms with E-state index in [-0.39, 0.29) is 5.91 Å². The van der Waals surface area contributed by atoms with Gasteiger partial charge in [0, 0.05) is 33.6 Å². The molecule has 3 aromatic rings. The third-order valence-electron chi connectivity index (χ3n) is 4.75. The largest absolute Gasteiger partial charge is 0.317 e. The van der Waals surface area contributed by atoms with E-state index in [1.54, 1.807) is 4.90 Å². The number of amidine groups is 1. The van der Waals surface area contributed by atoms with Crippen LogP contribution in [0.3, 0.4) is 0 Å². The molecule has 4 nitrogen and oxygen atoms in total. The lowest BCUT2D eigenvalue weighted by molar-refractivity contribution is -0.122. The molecule has 30 heavy (non-hydrogen) atoms. The average molecular weight is 501 g/mol. The van der Waals surface area contributed by atoms with Gasteiger partial charge in [-0.2, -0.15) is 0 Å². The topological polar surface area (TPSA) is 37.6 Å². The Morgan fingerprint density at radius 3 is 2.63 bits per heavy atom. The van der Waals surface area contributed by atoms with Gasteiger partial charge in [0.05, 0.1) is 10.6 Å². The first-order valence-corrected chi connectivity index (χ1v) is 11.4. The molecule has 152 valence electrons. The zero-order valence-electron chi connectivity index (χ0n) is 16.5. The molecular weight excluding hydrogens is 482 g/mol. The molecule has 1 fully saturated rings. The summed E-state index contributed by atoms with van der Waals surface area (Å²) in [5.41, 5.74) is 3.70. The fraction of sp³-hybridized carbons (Fsp3) is 0.130. The van der Waals surface area contributed by atoms with Crippen LogP contribution < -0.4 is 0 Å². The van der Waals surface area contributed by atoms with E-state index in [0.29, 0.717) is 21.6 Å². The summed E-state index contributed by atoms with van der Waals surface area (Å²) < 4.78 is 3.01. The first-order valence-electron chi connectivity index (χ1n) is 9.46. The van der Waals surface area contributed by atoms with Crippen molar-refractivity contribution in [2.45, 2.75) is 13.8 Å².